The van der Waals surface area contributed by atoms with Crippen LogP contribution in [0.15, 0.2) is 24.3 Å². The Morgan fingerprint density at radius 3 is 2.74 bits per heavy atom. The van der Waals surface area contributed by atoms with Gasteiger partial charge in [0.05, 0.1) is 11.8 Å². The zero-order valence-electron chi connectivity index (χ0n) is 14.1. The summed E-state index contributed by atoms with van der Waals surface area (Å²) in [5.74, 6) is 1.05. The molecule has 2 fully saturated rings. The topological polar surface area (TPSA) is 38.2 Å². The Kier molecular flexibility index (Phi) is 3.72. The van der Waals surface area contributed by atoms with Gasteiger partial charge in [-0.1, -0.05) is 30.7 Å². The zero-order chi connectivity index (χ0) is 15.9. The van der Waals surface area contributed by atoms with Gasteiger partial charge < -0.3 is 9.64 Å². The van der Waals surface area contributed by atoms with Crippen molar-refractivity contribution in [2.24, 2.45) is 5.41 Å². The smallest absolute Gasteiger partial charge is 0.159 e. The molecule has 0 radical (unpaired) electrons. The molecule has 2 atom stereocenters. The van der Waals surface area contributed by atoms with E-state index in [1.807, 2.05) is 14.0 Å². The zero-order valence-corrected chi connectivity index (χ0v) is 14.1. The first kappa shape index (κ1) is 14.9. The number of benzene rings is 1. The van der Waals surface area contributed by atoms with Crippen LogP contribution in [0.4, 0.5) is 5.82 Å². The molecule has 0 N–H and O–H groups in total. The predicted octanol–water partition coefficient (Wildman–Crippen LogP) is 3.72. The first-order valence-corrected chi connectivity index (χ1v) is 8.73. The molecule has 4 nitrogen and oxygen atoms in total. The van der Waals surface area contributed by atoms with Gasteiger partial charge >= 0.3 is 0 Å². The van der Waals surface area contributed by atoms with Crippen LogP contribution in [0.2, 0.25) is 0 Å². The van der Waals surface area contributed by atoms with E-state index in [2.05, 4.69) is 39.4 Å². The molecule has 0 amide bonds. The van der Waals surface area contributed by atoms with Gasteiger partial charge in [-0.15, -0.1) is 5.10 Å². The van der Waals surface area contributed by atoms with Gasteiger partial charge in [-0.05, 0) is 32.6 Å². The largest absolute Gasteiger partial charge is 0.381 e. The van der Waals surface area contributed by atoms with Crippen LogP contribution in [0.25, 0.3) is 10.8 Å². The molecule has 1 saturated carbocycles. The third-order valence-electron chi connectivity index (χ3n) is 5.87. The maximum atomic E-state index is 5.83. The SMILES string of the molecule is CO[C@@H]1CCC[C@@]12CCCN(c1nnc(C)c3ccccc13)C2. The van der Waals surface area contributed by atoms with Crippen LogP contribution in [0.3, 0.4) is 0 Å². The Balaban J connectivity index is 1.72. The van der Waals surface area contributed by atoms with E-state index in [0.717, 1.165) is 24.6 Å². The van der Waals surface area contributed by atoms with Crippen molar-refractivity contribution in [2.45, 2.75) is 45.1 Å². The van der Waals surface area contributed by atoms with Crippen LogP contribution in [0.1, 0.15) is 37.8 Å². The van der Waals surface area contributed by atoms with E-state index in [1.54, 1.807) is 0 Å². The molecule has 122 valence electrons. The molecule has 4 rings (SSSR count). The summed E-state index contributed by atoms with van der Waals surface area (Å²) >= 11 is 0. The molecule has 0 bridgehead atoms. The van der Waals surface area contributed by atoms with Crippen molar-refractivity contribution < 1.29 is 4.74 Å². The fourth-order valence-corrected chi connectivity index (χ4v) is 4.74. The van der Waals surface area contributed by atoms with E-state index >= 15 is 0 Å². The highest BCUT2D eigenvalue weighted by Gasteiger charge is 2.46. The maximum absolute atomic E-state index is 5.83. The average molecular weight is 311 g/mol. The summed E-state index contributed by atoms with van der Waals surface area (Å²) in [6, 6.07) is 8.50. The number of aryl methyl sites for hydroxylation is 1. The lowest BCUT2D eigenvalue weighted by atomic mass is 9.76. The van der Waals surface area contributed by atoms with Gasteiger partial charge in [-0.25, -0.2) is 0 Å². The van der Waals surface area contributed by atoms with Crippen molar-refractivity contribution in [3.8, 4) is 0 Å². The van der Waals surface area contributed by atoms with Crippen LogP contribution in [-0.4, -0.2) is 36.5 Å². The van der Waals surface area contributed by atoms with Crippen molar-refractivity contribution in [3.63, 3.8) is 0 Å². The average Bonchev–Trinajstić information content (AvgIpc) is 2.97. The van der Waals surface area contributed by atoms with Crippen LogP contribution in [-0.2, 0) is 4.74 Å². The lowest BCUT2D eigenvalue weighted by molar-refractivity contribution is 0.00218. The number of fused-ring (bicyclic) bond motifs is 1. The number of ether oxygens (including phenoxy) is 1. The monoisotopic (exact) mass is 311 g/mol. The highest BCUT2D eigenvalue weighted by atomic mass is 16.5. The van der Waals surface area contributed by atoms with Crippen molar-refractivity contribution in [2.75, 3.05) is 25.1 Å². The normalized spacial score (nSPS) is 27.9. The van der Waals surface area contributed by atoms with E-state index in [9.17, 15) is 0 Å². The molecule has 1 aromatic carbocycles. The molecule has 2 heterocycles. The van der Waals surface area contributed by atoms with Crippen LogP contribution in [0.5, 0.6) is 0 Å². The third-order valence-corrected chi connectivity index (χ3v) is 5.87. The number of anilines is 1. The Hall–Kier alpha value is -1.68. The Bertz CT molecular complexity index is 717. The minimum absolute atomic E-state index is 0.306. The quantitative estimate of drug-likeness (QED) is 0.847. The Morgan fingerprint density at radius 1 is 1.13 bits per heavy atom. The standard InChI is InChI=1S/C19H25N3O/c1-14-15-7-3-4-8-16(15)18(21-20-14)22-12-6-11-19(13-22)10-5-9-17(19)23-2/h3-4,7-8,17H,5-6,9-13H2,1-2H3/t17-,19+/m1/s1. The molecule has 1 aliphatic heterocycles. The van der Waals surface area contributed by atoms with Crippen LogP contribution in [0, 0.1) is 12.3 Å². The van der Waals surface area contributed by atoms with Crippen LogP contribution >= 0.6 is 0 Å². The molecule has 1 aliphatic carbocycles. The fraction of sp³-hybridized carbons (Fsp3) is 0.579. The van der Waals surface area contributed by atoms with Crippen molar-refractivity contribution >= 4 is 16.6 Å². The summed E-state index contributed by atoms with van der Waals surface area (Å²) in [5, 5.41) is 11.4. The highest BCUT2D eigenvalue weighted by molar-refractivity contribution is 5.93. The van der Waals surface area contributed by atoms with Crippen LogP contribution < -0.4 is 4.90 Å². The number of aromatic nitrogens is 2. The van der Waals surface area contributed by atoms with Crippen molar-refractivity contribution in [1.82, 2.24) is 10.2 Å². The van der Waals surface area contributed by atoms with E-state index in [-0.39, 0.29) is 0 Å². The second-order valence-electron chi connectivity index (χ2n) is 7.16. The summed E-state index contributed by atoms with van der Waals surface area (Å²) in [5.41, 5.74) is 1.31. The number of methoxy groups -OCH3 is 1. The van der Waals surface area contributed by atoms with Gasteiger partial charge in [-0.2, -0.15) is 5.10 Å². The van der Waals surface area contributed by atoms with Gasteiger partial charge in [0.2, 0.25) is 0 Å². The number of piperidine rings is 1. The molecule has 1 aromatic heterocycles. The minimum atomic E-state index is 0.306. The van der Waals surface area contributed by atoms with Gasteiger partial charge in [0.1, 0.15) is 0 Å². The molecular formula is C19H25N3O. The molecule has 2 aliphatic rings. The molecule has 0 unspecified atom stereocenters. The van der Waals surface area contributed by atoms with Gasteiger partial charge in [0.25, 0.3) is 0 Å². The molecule has 4 heteroatoms. The van der Waals surface area contributed by atoms with Crippen molar-refractivity contribution in [3.05, 3.63) is 30.0 Å². The second-order valence-corrected chi connectivity index (χ2v) is 7.16. The Labute approximate surface area is 137 Å². The predicted molar refractivity (Wildman–Crippen MR) is 92.8 cm³/mol. The van der Waals surface area contributed by atoms with E-state index in [1.165, 1.54) is 42.9 Å². The summed E-state index contributed by atoms with van der Waals surface area (Å²) in [4.78, 5) is 2.45. The summed E-state index contributed by atoms with van der Waals surface area (Å²) in [7, 11) is 1.87. The highest BCUT2D eigenvalue weighted by Crippen LogP contribution is 2.47. The first-order valence-electron chi connectivity index (χ1n) is 8.73. The number of nitrogens with zero attached hydrogens (tertiary/aromatic N) is 3. The van der Waals surface area contributed by atoms with Crippen molar-refractivity contribution in [1.29, 1.82) is 0 Å². The summed E-state index contributed by atoms with van der Waals surface area (Å²) in [6.07, 6.45) is 6.65. The summed E-state index contributed by atoms with van der Waals surface area (Å²) in [6.45, 7) is 4.15. The van der Waals surface area contributed by atoms with E-state index in [0.29, 0.717) is 11.5 Å². The first-order chi connectivity index (χ1) is 11.2. The van der Waals surface area contributed by atoms with E-state index < -0.39 is 0 Å². The number of rotatable bonds is 2. The lowest BCUT2D eigenvalue weighted by Gasteiger charge is -2.44. The maximum Gasteiger partial charge on any atom is 0.159 e. The lowest BCUT2D eigenvalue weighted by Crippen LogP contribution is -2.48. The fourth-order valence-electron chi connectivity index (χ4n) is 4.74. The third kappa shape index (κ3) is 2.40. The van der Waals surface area contributed by atoms with Gasteiger partial charge in [0.15, 0.2) is 5.82 Å². The molecule has 1 saturated heterocycles. The number of hydrogen-bond acceptors (Lipinski definition) is 4. The molecule has 1 spiro atoms. The minimum Gasteiger partial charge on any atom is -0.381 e. The Morgan fingerprint density at radius 2 is 1.91 bits per heavy atom. The number of hydrogen-bond donors (Lipinski definition) is 0. The molecule has 2 aromatic rings. The molecule has 23 heavy (non-hydrogen) atoms. The van der Waals surface area contributed by atoms with E-state index in [4.69, 9.17) is 4.74 Å². The van der Waals surface area contributed by atoms with Gasteiger partial charge in [0, 0.05) is 36.4 Å². The molecular weight excluding hydrogens is 286 g/mol. The second kappa shape index (κ2) is 5.75. The van der Waals surface area contributed by atoms with Gasteiger partial charge in [-0.3, -0.25) is 0 Å². The summed E-state index contributed by atoms with van der Waals surface area (Å²) < 4.78 is 5.83.